The molecule has 0 rings (SSSR count). The fraction of sp³-hybridized carbons (Fsp3) is 0.905. The normalized spacial score (nSPS) is 10.8. The summed E-state index contributed by atoms with van der Waals surface area (Å²) >= 11 is 0. The predicted octanol–water partition coefficient (Wildman–Crippen LogP) is 5.95. The number of ketones is 1. The summed E-state index contributed by atoms with van der Waals surface area (Å²) in [6.45, 7) is 4.79. The number of nitrogens with one attached hydrogen (secondary N) is 1. The van der Waals surface area contributed by atoms with Gasteiger partial charge >= 0.3 is 0 Å². The molecule has 0 aromatic rings. The van der Waals surface area contributed by atoms with E-state index in [1.165, 1.54) is 64.2 Å². The number of carbonyl (C=O) groups excluding carboxylic acids is 2. The fourth-order valence-electron chi connectivity index (χ4n) is 2.91. The van der Waals surface area contributed by atoms with Crippen molar-refractivity contribution in [2.75, 3.05) is 6.54 Å². The third-order valence-corrected chi connectivity index (χ3v) is 4.61. The lowest BCUT2D eigenvalue weighted by atomic mass is 10.0. The number of hydrogen-bond donors (Lipinski definition) is 1. The maximum Gasteiger partial charge on any atom is 0.219 e. The van der Waals surface area contributed by atoms with Crippen LogP contribution in [0.4, 0.5) is 0 Å². The van der Waals surface area contributed by atoms with Crippen LogP contribution in [0.15, 0.2) is 0 Å². The molecule has 0 fully saturated rings. The van der Waals surface area contributed by atoms with Gasteiger partial charge in [-0.2, -0.15) is 0 Å². The summed E-state index contributed by atoms with van der Waals surface area (Å²) < 4.78 is 0. The highest BCUT2D eigenvalue weighted by atomic mass is 16.1. The molecule has 0 aromatic carbocycles. The SMILES string of the molecule is CCCCCCCCCCCCCCC(=O)NCCCC(=O)CC. The van der Waals surface area contributed by atoms with Crippen LogP contribution in [-0.4, -0.2) is 18.2 Å². The van der Waals surface area contributed by atoms with Crippen LogP contribution in [-0.2, 0) is 9.59 Å². The molecule has 0 aliphatic rings. The topological polar surface area (TPSA) is 46.2 Å². The minimum absolute atomic E-state index is 0.144. The van der Waals surface area contributed by atoms with Crippen LogP contribution in [0.25, 0.3) is 0 Å². The number of hydrogen-bond acceptors (Lipinski definition) is 2. The van der Waals surface area contributed by atoms with Crippen LogP contribution in [0.5, 0.6) is 0 Å². The second-order valence-corrected chi connectivity index (χ2v) is 6.98. The average molecular weight is 340 g/mol. The number of Topliss-reactive ketones (excluding diaryl/α,β-unsaturated/α-hetero) is 1. The molecule has 0 aliphatic carbocycles. The van der Waals surface area contributed by atoms with Gasteiger partial charge in [0.05, 0.1) is 0 Å². The first-order chi connectivity index (χ1) is 11.7. The Labute approximate surface area is 150 Å². The van der Waals surface area contributed by atoms with Crippen LogP contribution < -0.4 is 5.32 Å². The van der Waals surface area contributed by atoms with Crippen molar-refractivity contribution in [3.05, 3.63) is 0 Å². The highest BCUT2D eigenvalue weighted by Gasteiger charge is 2.02. The van der Waals surface area contributed by atoms with Gasteiger partial charge in [-0.1, -0.05) is 84.5 Å². The van der Waals surface area contributed by atoms with Crippen molar-refractivity contribution in [1.82, 2.24) is 5.32 Å². The number of carbonyl (C=O) groups is 2. The molecule has 142 valence electrons. The van der Waals surface area contributed by atoms with Gasteiger partial charge in [-0.15, -0.1) is 0 Å². The van der Waals surface area contributed by atoms with E-state index in [-0.39, 0.29) is 11.7 Å². The second-order valence-electron chi connectivity index (χ2n) is 6.98. The van der Waals surface area contributed by atoms with E-state index in [9.17, 15) is 9.59 Å². The van der Waals surface area contributed by atoms with Crippen molar-refractivity contribution >= 4 is 11.7 Å². The van der Waals surface area contributed by atoms with Crippen molar-refractivity contribution in [3.8, 4) is 0 Å². The molecule has 0 saturated carbocycles. The van der Waals surface area contributed by atoms with Gasteiger partial charge in [0.1, 0.15) is 5.78 Å². The van der Waals surface area contributed by atoms with Crippen molar-refractivity contribution in [2.45, 2.75) is 117 Å². The van der Waals surface area contributed by atoms with Gasteiger partial charge in [0, 0.05) is 25.8 Å². The summed E-state index contributed by atoms with van der Waals surface area (Å²) in [6, 6.07) is 0. The Morgan fingerprint density at radius 3 is 1.62 bits per heavy atom. The summed E-state index contributed by atoms with van der Waals surface area (Å²) in [5, 5.41) is 2.91. The fourth-order valence-corrected chi connectivity index (χ4v) is 2.91. The molecule has 0 spiro atoms. The molecule has 0 atom stereocenters. The molecule has 0 aromatic heterocycles. The number of rotatable bonds is 18. The van der Waals surface area contributed by atoms with E-state index in [0.29, 0.717) is 25.8 Å². The number of amides is 1. The highest BCUT2D eigenvalue weighted by molar-refractivity contribution is 5.78. The zero-order valence-corrected chi connectivity index (χ0v) is 16.3. The van der Waals surface area contributed by atoms with Gasteiger partial charge in [0.2, 0.25) is 5.91 Å². The Bertz CT molecular complexity index is 302. The molecule has 0 aliphatic heterocycles. The first-order valence-electron chi connectivity index (χ1n) is 10.5. The summed E-state index contributed by atoms with van der Waals surface area (Å²) in [7, 11) is 0. The lowest BCUT2D eigenvalue weighted by Crippen LogP contribution is -2.24. The average Bonchev–Trinajstić information content (AvgIpc) is 2.59. The van der Waals surface area contributed by atoms with Crippen molar-refractivity contribution in [1.29, 1.82) is 0 Å². The Balaban J connectivity index is 3.18. The van der Waals surface area contributed by atoms with Gasteiger partial charge in [0.25, 0.3) is 0 Å². The standard InChI is InChI=1S/C21H41NO2/c1-3-5-6-7-8-9-10-11-12-13-14-15-18-21(24)22-19-16-17-20(23)4-2/h3-19H2,1-2H3,(H,22,24). The van der Waals surface area contributed by atoms with Crippen LogP contribution in [0.1, 0.15) is 117 Å². The molecule has 0 bridgehead atoms. The zero-order chi connectivity index (χ0) is 17.9. The van der Waals surface area contributed by atoms with Gasteiger partial charge < -0.3 is 5.32 Å². The van der Waals surface area contributed by atoms with E-state index in [1.54, 1.807) is 0 Å². The van der Waals surface area contributed by atoms with Crippen LogP contribution >= 0.6 is 0 Å². The van der Waals surface area contributed by atoms with E-state index >= 15 is 0 Å². The van der Waals surface area contributed by atoms with E-state index in [4.69, 9.17) is 0 Å². The number of unbranched alkanes of at least 4 members (excludes halogenated alkanes) is 11. The largest absolute Gasteiger partial charge is 0.356 e. The van der Waals surface area contributed by atoms with E-state index in [2.05, 4.69) is 12.2 Å². The van der Waals surface area contributed by atoms with Gasteiger partial charge in [-0.3, -0.25) is 9.59 Å². The molecule has 1 N–H and O–H groups in total. The summed E-state index contributed by atoms with van der Waals surface area (Å²) in [5.74, 6) is 0.427. The molecule has 3 nitrogen and oxygen atoms in total. The summed E-state index contributed by atoms with van der Waals surface area (Å²) in [5.41, 5.74) is 0. The molecule has 0 radical (unpaired) electrons. The van der Waals surface area contributed by atoms with E-state index in [0.717, 1.165) is 19.3 Å². The predicted molar refractivity (Wildman–Crippen MR) is 103 cm³/mol. The van der Waals surface area contributed by atoms with Crippen molar-refractivity contribution in [3.63, 3.8) is 0 Å². The minimum Gasteiger partial charge on any atom is -0.356 e. The summed E-state index contributed by atoms with van der Waals surface area (Å²) in [6.07, 6.45) is 18.4. The van der Waals surface area contributed by atoms with Gasteiger partial charge in [0.15, 0.2) is 0 Å². The lowest BCUT2D eigenvalue weighted by molar-refractivity contribution is -0.122. The zero-order valence-electron chi connectivity index (χ0n) is 16.3. The maximum atomic E-state index is 11.6. The van der Waals surface area contributed by atoms with E-state index in [1.807, 2.05) is 6.92 Å². The minimum atomic E-state index is 0.144. The highest BCUT2D eigenvalue weighted by Crippen LogP contribution is 2.12. The quantitative estimate of drug-likeness (QED) is 0.313. The Hall–Kier alpha value is -0.860. The van der Waals surface area contributed by atoms with Crippen LogP contribution in [0.2, 0.25) is 0 Å². The Kier molecular flexibility index (Phi) is 17.8. The van der Waals surface area contributed by atoms with Gasteiger partial charge in [-0.05, 0) is 12.8 Å². The molecule has 0 saturated heterocycles. The first kappa shape index (κ1) is 23.1. The third kappa shape index (κ3) is 17.5. The molecule has 0 unspecified atom stereocenters. The van der Waals surface area contributed by atoms with Crippen molar-refractivity contribution < 1.29 is 9.59 Å². The molecule has 24 heavy (non-hydrogen) atoms. The summed E-state index contributed by atoms with van der Waals surface area (Å²) in [4.78, 5) is 22.8. The van der Waals surface area contributed by atoms with Crippen molar-refractivity contribution in [2.24, 2.45) is 0 Å². The van der Waals surface area contributed by atoms with E-state index < -0.39 is 0 Å². The molecular formula is C21H41NO2. The molecule has 3 heteroatoms. The third-order valence-electron chi connectivity index (χ3n) is 4.61. The van der Waals surface area contributed by atoms with Crippen LogP contribution in [0.3, 0.4) is 0 Å². The lowest BCUT2D eigenvalue weighted by Gasteiger charge is -2.05. The van der Waals surface area contributed by atoms with Gasteiger partial charge in [-0.25, -0.2) is 0 Å². The molecule has 0 heterocycles. The van der Waals surface area contributed by atoms with Crippen LogP contribution in [0, 0.1) is 0 Å². The maximum absolute atomic E-state index is 11.6. The first-order valence-corrected chi connectivity index (χ1v) is 10.5. The molecular weight excluding hydrogens is 298 g/mol. The second kappa shape index (κ2) is 18.5. The molecule has 1 amide bonds. The monoisotopic (exact) mass is 339 g/mol. The Morgan fingerprint density at radius 2 is 1.12 bits per heavy atom. The smallest absolute Gasteiger partial charge is 0.219 e. The Morgan fingerprint density at radius 1 is 0.625 bits per heavy atom.